The number of nitrogens with zero attached hydrogens (tertiary/aromatic N) is 2. The third kappa shape index (κ3) is 1.92. The third-order valence-electron chi connectivity index (χ3n) is 3.62. The van der Waals surface area contributed by atoms with E-state index in [2.05, 4.69) is 16.0 Å². The van der Waals surface area contributed by atoms with Gasteiger partial charge in [0, 0.05) is 37.3 Å². The number of methoxy groups -OCH3 is 1. The minimum absolute atomic E-state index is 0.749. The Bertz CT molecular complexity index is 388. The summed E-state index contributed by atoms with van der Waals surface area (Å²) in [6.07, 6.45) is 5.01. The first-order valence-corrected chi connectivity index (χ1v) is 6.13. The molecule has 1 fully saturated rings. The van der Waals surface area contributed by atoms with Crippen LogP contribution >= 0.6 is 0 Å². The summed E-state index contributed by atoms with van der Waals surface area (Å²) in [7, 11) is 1.68. The lowest BCUT2D eigenvalue weighted by atomic mass is 10.1. The highest BCUT2D eigenvalue weighted by molar-refractivity contribution is 5.27. The van der Waals surface area contributed by atoms with E-state index in [0.29, 0.717) is 0 Å². The second kappa shape index (κ2) is 4.06. The summed E-state index contributed by atoms with van der Waals surface area (Å²) in [5.74, 6) is 0.749. The average molecular weight is 218 g/mol. The maximum atomic E-state index is 5.18. The zero-order chi connectivity index (χ0) is 11.0. The van der Waals surface area contributed by atoms with Crippen LogP contribution in [0.2, 0.25) is 0 Å². The number of hydrogen-bond donors (Lipinski definition) is 0. The summed E-state index contributed by atoms with van der Waals surface area (Å²) in [6, 6.07) is 5.03. The Morgan fingerprint density at radius 2 is 2.06 bits per heavy atom. The van der Waals surface area contributed by atoms with Crippen LogP contribution in [0.3, 0.4) is 0 Å². The molecule has 2 heterocycles. The van der Waals surface area contributed by atoms with Gasteiger partial charge in [0.15, 0.2) is 0 Å². The van der Waals surface area contributed by atoms with Gasteiger partial charge < -0.3 is 4.74 Å². The van der Waals surface area contributed by atoms with Gasteiger partial charge in [-0.25, -0.2) is 4.98 Å². The lowest BCUT2D eigenvalue weighted by Crippen LogP contribution is -2.28. The molecule has 3 rings (SSSR count). The van der Waals surface area contributed by atoms with Gasteiger partial charge in [-0.2, -0.15) is 0 Å². The Morgan fingerprint density at radius 1 is 1.25 bits per heavy atom. The number of aromatic nitrogens is 1. The summed E-state index contributed by atoms with van der Waals surface area (Å²) < 4.78 is 5.18. The first-order chi connectivity index (χ1) is 7.86. The highest BCUT2D eigenvalue weighted by Crippen LogP contribution is 2.29. The zero-order valence-electron chi connectivity index (χ0n) is 9.78. The van der Waals surface area contributed by atoms with Crippen LogP contribution in [-0.2, 0) is 12.8 Å². The SMILES string of the molecule is COc1ccc2c(n1)CCN(C1CC1)CC2. The predicted octanol–water partition coefficient (Wildman–Crippen LogP) is 1.65. The molecule has 0 atom stereocenters. The molecule has 3 nitrogen and oxygen atoms in total. The van der Waals surface area contributed by atoms with E-state index in [1.807, 2.05) is 6.07 Å². The maximum absolute atomic E-state index is 5.18. The number of rotatable bonds is 2. The fourth-order valence-electron chi connectivity index (χ4n) is 2.50. The van der Waals surface area contributed by atoms with E-state index in [4.69, 9.17) is 4.74 Å². The molecule has 0 aromatic carbocycles. The van der Waals surface area contributed by atoms with Crippen molar-refractivity contribution in [2.75, 3.05) is 20.2 Å². The molecule has 1 saturated carbocycles. The van der Waals surface area contributed by atoms with Gasteiger partial charge in [0.2, 0.25) is 5.88 Å². The molecule has 1 aliphatic heterocycles. The van der Waals surface area contributed by atoms with Crippen molar-refractivity contribution in [3.8, 4) is 5.88 Å². The van der Waals surface area contributed by atoms with Crippen LogP contribution in [0.25, 0.3) is 0 Å². The number of hydrogen-bond acceptors (Lipinski definition) is 3. The van der Waals surface area contributed by atoms with Gasteiger partial charge in [0.1, 0.15) is 0 Å². The van der Waals surface area contributed by atoms with E-state index in [9.17, 15) is 0 Å². The van der Waals surface area contributed by atoms with Crippen LogP contribution < -0.4 is 4.74 Å². The molecule has 0 amide bonds. The average Bonchev–Trinajstić information content (AvgIpc) is 3.13. The normalized spacial score (nSPS) is 21.3. The zero-order valence-corrected chi connectivity index (χ0v) is 9.78. The number of fused-ring (bicyclic) bond motifs is 1. The standard InChI is InChI=1S/C13H18N2O/c1-16-13-5-2-10-6-8-15(11-3-4-11)9-7-12(10)14-13/h2,5,11H,3-4,6-9H2,1H3. The fourth-order valence-corrected chi connectivity index (χ4v) is 2.50. The quantitative estimate of drug-likeness (QED) is 0.754. The maximum Gasteiger partial charge on any atom is 0.213 e. The lowest BCUT2D eigenvalue weighted by Gasteiger charge is -2.18. The molecule has 1 aromatic heterocycles. The highest BCUT2D eigenvalue weighted by atomic mass is 16.5. The van der Waals surface area contributed by atoms with Crippen molar-refractivity contribution in [2.24, 2.45) is 0 Å². The molecule has 0 radical (unpaired) electrons. The van der Waals surface area contributed by atoms with Gasteiger partial charge in [-0.1, -0.05) is 6.07 Å². The van der Waals surface area contributed by atoms with Gasteiger partial charge in [-0.05, 0) is 24.8 Å². The van der Waals surface area contributed by atoms with Gasteiger partial charge in [0.25, 0.3) is 0 Å². The molecule has 2 aliphatic rings. The van der Waals surface area contributed by atoms with Crippen molar-refractivity contribution in [3.05, 3.63) is 23.4 Å². The van der Waals surface area contributed by atoms with Gasteiger partial charge in [-0.15, -0.1) is 0 Å². The Kier molecular flexibility index (Phi) is 2.56. The van der Waals surface area contributed by atoms with Crippen molar-refractivity contribution in [2.45, 2.75) is 31.7 Å². The van der Waals surface area contributed by atoms with E-state index in [0.717, 1.165) is 31.3 Å². The van der Waals surface area contributed by atoms with Crippen molar-refractivity contribution >= 4 is 0 Å². The molecule has 1 aliphatic carbocycles. The van der Waals surface area contributed by atoms with Crippen molar-refractivity contribution < 1.29 is 4.74 Å². The molecule has 0 bridgehead atoms. The van der Waals surface area contributed by atoms with Gasteiger partial charge in [0.05, 0.1) is 7.11 Å². The Hall–Kier alpha value is -1.09. The second-order valence-electron chi connectivity index (χ2n) is 4.73. The van der Waals surface area contributed by atoms with Crippen LogP contribution in [0, 0.1) is 0 Å². The van der Waals surface area contributed by atoms with Gasteiger partial charge >= 0.3 is 0 Å². The third-order valence-corrected chi connectivity index (χ3v) is 3.62. The van der Waals surface area contributed by atoms with Crippen molar-refractivity contribution in [3.63, 3.8) is 0 Å². The monoisotopic (exact) mass is 218 g/mol. The first kappa shape index (κ1) is 10.1. The molecular formula is C13H18N2O. The number of pyridine rings is 1. The van der Waals surface area contributed by atoms with Crippen molar-refractivity contribution in [1.29, 1.82) is 0 Å². The van der Waals surface area contributed by atoms with Crippen LogP contribution in [0.5, 0.6) is 5.88 Å². The first-order valence-electron chi connectivity index (χ1n) is 6.13. The Labute approximate surface area is 96.4 Å². The molecule has 0 N–H and O–H groups in total. The van der Waals surface area contributed by atoms with Crippen molar-refractivity contribution in [1.82, 2.24) is 9.88 Å². The highest BCUT2D eigenvalue weighted by Gasteiger charge is 2.29. The van der Waals surface area contributed by atoms with Gasteiger partial charge in [-0.3, -0.25) is 4.90 Å². The van der Waals surface area contributed by atoms with Crippen LogP contribution in [0.4, 0.5) is 0 Å². The molecule has 3 heteroatoms. The Morgan fingerprint density at radius 3 is 2.81 bits per heavy atom. The van der Waals surface area contributed by atoms with E-state index in [-0.39, 0.29) is 0 Å². The summed E-state index contributed by atoms with van der Waals surface area (Å²) in [5, 5.41) is 0. The second-order valence-corrected chi connectivity index (χ2v) is 4.73. The largest absolute Gasteiger partial charge is 0.481 e. The van der Waals surface area contributed by atoms with Crippen LogP contribution in [-0.4, -0.2) is 36.1 Å². The molecule has 0 unspecified atom stereocenters. The lowest BCUT2D eigenvalue weighted by molar-refractivity contribution is 0.276. The minimum atomic E-state index is 0.749. The van der Waals surface area contributed by atoms with E-state index >= 15 is 0 Å². The molecule has 86 valence electrons. The topological polar surface area (TPSA) is 25.4 Å². The smallest absolute Gasteiger partial charge is 0.213 e. The Balaban J connectivity index is 1.79. The molecule has 1 aromatic rings. The molecule has 0 saturated heterocycles. The number of ether oxygens (including phenoxy) is 1. The molecule has 16 heavy (non-hydrogen) atoms. The summed E-state index contributed by atoms with van der Waals surface area (Å²) in [6.45, 7) is 2.36. The van der Waals surface area contributed by atoms with E-state index in [1.54, 1.807) is 7.11 Å². The fraction of sp³-hybridized carbons (Fsp3) is 0.615. The summed E-state index contributed by atoms with van der Waals surface area (Å²) in [5.41, 5.74) is 2.64. The summed E-state index contributed by atoms with van der Waals surface area (Å²) in [4.78, 5) is 7.18. The molecule has 0 spiro atoms. The van der Waals surface area contributed by atoms with E-state index < -0.39 is 0 Å². The predicted molar refractivity (Wildman–Crippen MR) is 62.8 cm³/mol. The van der Waals surface area contributed by atoms with Crippen LogP contribution in [0.1, 0.15) is 24.1 Å². The minimum Gasteiger partial charge on any atom is -0.481 e. The van der Waals surface area contributed by atoms with E-state index in [1.165, 1.54) is 30.6 Å². The van der Waals surface area contributed by atoms with Crippen LogP contribution in [0.15, 0.2) is 12.1 Å². The summed E-state index contributed by atoms with van der Waals surface area (Å²) >= 11 is 0. The molecular weight excluding hydrogens is 200 g/mol.